The number of nitrogens with two attached hydrogens (primary N) is 1. The Hall–Kier alpha value is -3.19. The van der Waals surface area contributed by atoms with Crippen molar-refractivity contribution < 1.29 is 13.6 Å². The summed E-state index contributed by atoms with van der Waals surface area (Å²) in [5, 5.41) is 4.02. The second-order valence-corrected chi connectivity index (χ2v) is 9.67. The van der Waals surface area contributed by atoms with Crippen molar-refractivity contribution in [1.29, 1.82) is 0 Å². The Morgan fingerprint density at radius 1 is 1.14 bits per heavy atom. The smallest absolute Gasteiger partial charge is 0.237 e. The largest absolute Gasteiger partial charge is 0.464 e. The highest BCUT2D eigenvalue weighted by Gasteiger charge is 2.30. The van der Waals surface area contributed by atoms with E-state index >= 15 is 0 Å². The molecule has 1 fully saturated rings. The number of amides is 1. The summed E-state index contributed by atoms with van der Waals surface area (Å²) in [4.78, 5) is 15.2. The van der Waals surface area contributed by atoms with Gasteiger partial charge in [-0.3, -0.25) is 9.69 Å². The van der Waals surface area contributed by atoms with Crippen LogP contribution in [0.4, 0.5) is 4.39 Å². The summed E-state index contributed by atoms with van der Waals surface area (Å²) in [5.74, 6) is -0.554. The molecule has 0 spiro atoms. The molecule has 186 valence electrons. The molecule has 0 aliphatic carbocycles. The molecule has 1 aromatic heterocycles. The Morgan fingerprint density at radius 3 is 2.86 bits per heavy atom. The molecule has 1 saturated heterocycles. The Kier molecular flexibility index (Phi) is 7.37. The third-order valence-electron chi connectivity index (χ3n) is 6.92. The molecule has 0 bridgehead atoms. The van der Waals surface area contributed by atoms with Crippen LogP contribution in [0.5, 0.6) is 0 Å². The van der Waals surface area contributed by atoms with Gasteiger partial charge < -0.3 is 15.5 Å². The summed E-state index contributed by atoms with van der Waals surface area (Å²) >= 11 is 5.87. The lowest BCUT2D eigenvalue weighted by Gasteiger charge is -2.24. The Morgan fingerprint density at radius 2 is 2.00 bits per heavy atom. The van der Waals surface area contributed by atoms with Gasteiger partial charge in [0.2, 0.25) is 5.91 Å². The van der Waals surface area contributed by atoms with Crippen LogP contribution in [-0.4, -0.2) is 29.9 Å². The standard InChI is InChI=1S/C29H29ClFN3O2/c30-25-7-2-6-23(27(25)31)18-33-29(35)26-8-3-11-34(26)12-9-19-14-22-10-13-36-28(22)24(16-19)21-5-1-4-20(15-21)17-32/h1-2,4-7,10,13-16,26H,3,8-9,11-12,17-18,32H2,(H,33,35)/t26-/m0/s1. The molecule has 1 atom stereocenters. The first-order valence-corrected chi connectivity index (χ1v) is 12.7. The first-order valence-electron chi connectivity index (χ1n) is 12.3. The quantitative estimate of drug-likeness (QED) is 0.323. The lowest BCUT2D eigenvalue weighted by molar-refractivity contribution is -0.125. The number of carbonyl (C=O) groups is 1. The molecule has 0 unspecified atom stereocenters. The molecule has 4 aromatic rings. The first kappa shape index (κ1) is 24.5. The molecular weight excluding hydrogens is 477 g/mol. The van der Waals surface area contributed by atoms with Crippen LogP contribution in [0.3, 0.4) is 0 Å². The van der Waals surface area contributed by atoms with Crippen molar-refractivity contribution in [1.82, 2.24) is 10.2 Å². The van der Waals surface area contributed by atoms with Gasteiger partial charge in [-0.2, -0.15) is 0 Å². The number of rotatable bonds is 8. The molecular formula is C29H29ClFN3O2. The number of hydrogen-bond donors (Lipinski definition) is 2. The van der Waals surface area contributed by atoms with Crippen LogP contribution < -0.4 is 11.1 Å². The highest BCUT2D eigenvalue weighted by molar-refractivity contribution is 6.30. The van der Waals surface area contributed by atoms with Crippen molar-refractivity contribution in [3.05, 3.63) is 94.5 Å². The molecule has 0 radical (unpaired) electrons. The van der Waals surface area contributed by atoms with Gasteiger partial charge in [0.25, 0.3) is 0 Å². The molecule has 5 nitrogen and oxygen atoms in total. The fourth-order valence-electron chi connectivity index (χ4n) is 5.02. The number of halogens is 2. The van der Waals surface area contributed by atoms with Gasteiger partial charge >= 0.3 is 0 Å². The van der Waals surface area contributed by atoms with Crippen LogP contribution in [-0.2, 0) is 24.3 Å². The lowest BCUT2D eigenvalue weighted by Crippen LogP contribution is -2.43. The van der Waals surface area contributed by atoms with Crippen molar-refractivity contribution in [2.45, 2.75) is 38.4 Å². The van der Waals surface area contributed by atoms with E-state index in [0.717, 1.165) is 60.0 Å². The number of nitrogens with zero attached hydrogens (tertiary/aromatic N) is 1. The van der Waals surface area contributed by atoms with Crippen LogP contribution in [0.2, 0.25) is 5.02 Å². The van der Waals surface area contributed by atoms with Crippen LogP contribution in [0, 0.1) is 5.82 Å². The maximum atomic E-state index is 14.2. The number of furan rings is 1. The summed E-state index contributed by atoms with van der Waals surface area (Å²) in [6.45, 7) is 2.23. The zero-order valence-electron chi connectivity index (χ0n) is 20.0. The summed E-state index contributed by atoms with van der Waals surface area (Å²) in [6, 6.07) is 19.1. The summed E-state index contributed by atoms with van der Waals surface area (Å²) in [7, 11) is 0. The molecule has 3 N–H and O–H groups in total. The lowest BCUT2D eigenvalue weighted by atomic mass is 9.97. The van der Waals surface area contributed by atoms with Gasteiger partial charge in [0, 0.05) is 36.1 Å². The Labute approximate surface area is 215 Å². The van der Waals surface area contributed by atoms with Gasteiger partial charge in [0.15, 0.2) is 0 Å². The average molecular weight is 506 g/mol. The minimum absolute atomic E-state index is 0.0629. The van der Waals surface area contributed by atoms with Gasteiger partial charge in [-0.15, -0.1) is 0 Å². The van der Waals surface area contributed by atoms with E-state index in [1.165, 1.54) is 11.6 Å². The second-order valence-electron chi connectivity index (χ2n) is 9.26. The van der Waals surface area contributed by atoms with Crippen LogP contribution in [0.25, 0.3) is 22.1 Å². The minimum Gasteiger partial charge on any atom is -0.464 e. The monoisotopic (exact) mass is 505 g/mol. The molecule has 1 aliphatic rings. The van der Waals surface area contributed by atoms with E-state index < -0.39 is 5.82 Å². The van der Waals surface area contributed by atoms with Crippen molar-refractivity contribution in [2.75, 3.05) is 13.1 Å². The van der Waals surface area contributed by atoms with E-state index in [2.05, 4.69) is 34.5 Å². The first-order chi connectivity index (χ1) is 17.5. The third kappa shape index (κ3) is 5.16. The molecule has 36 heavy (non-hydrogen) atoms. The van der Waals surface area contributed by atoms with Crippen LogP contribution in [0.15, 0.2) is 71.3 Å². The van der Waals surface area contributed by atoms with Gasteiger partial charge in [0.1, 0.15) is 11.4 Å². The third-order valence-corrected chi connectivity index (χ3v) is 7.22. The molecule has 5 rings (SSSR count). The SMILES string of the molecule is NCc1cccc(-c2cc(CCN3CCC[C@H]3C(=O)NCc3cccc(Cl)c3F)cc3ccoc23)c1. The van der Waals surface area contributed by atoms with Crippen LogP contribution in [0.1, 0.15) is 29.5 Å². The van der Waals surface area contributed by atoms with E-state index in [-0.39, 0.29) is 23.5 Å². The summed E-state index contributed by atoms with van der Waals surface area (Å²) < 4.78 is 20.0. The van der Waals surface area contributed by atoms with Crippen molar-refractivity contribution in [2.24, 2.45) is 5.73 Å². The van der Waals surface area contributed by atoms with Gasteiger partial charge in [-0.1, -0.05) is 41.9 Å². The molecule has 2 heterocycles. The number of nitrogens with one attached hydrogen (secondary N) is 1. The number of carbonyl (C=O) groups excluding carboxylic acids is 1. The van der Waals surface area contributed by atoms with E-state index in [0.29, 0.717) is 12.1 Å². The average Bonchev–Trinajstić information content (AvgIpc) is 3.57. The Balaban J connectivity index is 1.28. The van der Waals surface area contributed by atoms with Gasteiger partial charge in [-0.25, -0.2) is 4.39 Å². The predicted molar refractivity (Wildman–Crippen MR) is 141 cm³/mol. The fraction of sp³-hybridized carbons (Fsp3) is 0.276. The number of benzene rings is 3. The second kappa shape index (κ2) is 10.8. The fourth-order valence-corrected chi connectivity index (χ4v) is 5.21. The summed E-state index contributed by atoms with van der Waals surface area (Å²) in [5.41, 5.74) is 11.5. The highest BCUT2D eigenvalue weighted by atomic mass is 35.5. The van der Waals surface area contributed by atoms with Gasteiger partial charge in [0.05, 0.1) is 17.3 Å². The maximum Gasteiger partial charge on any atom is 0.237 e. The Bertz CT molecular complexity index is 1390. The maximum absolute atomic E-state index is 14.2. The van der Waals surface area contributed by atoms with Crippen molar-refractivity contribution in [3.63, 3.8) is 0 Å². The molecule has 7 heteroatoms. The topological polar surface area (TPSA) is 71.5 Å². The molecule has 3 aromatic carbocycles. The zero-order valence-corrected chi connectivity index (χ0v) is 20.7. The van der Waals surface area contributed by atoms with E-state index in [9.17, 15) is 9.18 Å². The van der Waals surface area contributed by atoms with E-state index in [4.69, 9.17) is 21.8 Å². The number of hydrogen-bond acceptors (Lipinski definition) is 4. The zero-order chi connectivity index (χ0) is 25.1. The molecule has 0 saturated carbocycles. The normalized spacial score (nSPS) is 16.0. The van der Waals surface area contributed by atoms with E-state index in [1.807, 2.05) is 18.2 Å². The number of likely N-dealkylation sites (tertiary alicyclic amines) is 1. The van der Waals surface area contributed by atoms with Gasteiger partial charge in [-0.05, 0) is 72.8 Å². The van der Waals surface area contributed by atoms with Crippen LogP contribution >= 0.6 is 11.6 Å². The van der Waals surface area contributed by atoms with E-state index in [1.54, 1.807) is 18.4 Å². The minimum atomic E-state index is -0.481. The predicted octanol–water partition coefficient (Wildman–Crippen LogP) is 5.67. The highest BCUT2D eigenvalue weighted by Crippen LogP contribution is 2.32. The molecule has 1 aliphatic heterocycles. The summed E-state index contributed by atoms with van der Waals surface area (Å²) in [6.07, 6.45) is 4.27. The van der Waals surface area contributed by atoms with Crippen molar-refractivity contribution >= 4 is 28.5 Å². The molecule has 1 amide bonds. The van der Waals surface area contributed by atoms with Crippen molar-refractivity contribution in [3.8, 4) is 11.1 Å². The number of fused-ring (bicyclic) bond motifs is 1.